The fraction of sp³-hybridized carbons (Fsp3) is 0.381. The molecule has 4 nitrogen and oxygen atoms in total. The number of likely N-dealkylation sites (tertiary alicyclic amines) is 1. The van der Waals surface area contributed by atoms with Crippen molar-refractivity contribution in [1.29, 1.82) is 0 Å². The van der Waals surface area contributed by atoms with Crippen LogP contribution in [0.2, 0.25) is 0 Å². The molecule has 0 unspecified atom stereocenters. The van der Waals surface area contributed by atoms with Crippen LogP contribution >= 0.6 is 0 Å². The summed E-state index contributed by atoms with van der Waals surface area (Å²) in [6.45, 7) is 2.67. The molecule has 0 N–H and O–H groups in total. The largest absolute Gasteiger partial charge is 0.493 e. The van der Waals surface area contributed by atoms with E-state index >= 15 is 0 Å². The quantitative estimate of drug-likeness (QED) is 0.671. The summed E-state index contributed by atoms with van der Waals surface area (Å²) in [5, 5.41) is 0. The van der Waals surface area contributed by atoms with E-state index < -0.39 is 0 Å². The maximum atomic E-state index is 12.9. The Morgan fingerprint density at radius 1 is 1.15 bits per heavy atom. The molecule has 1 aliphatic rings. The second-order valence-electron chi connectivity index (χ2n) is 6.51. The predicted octanol–water partition coefficient (Wildman–Crippen LogP) is 3.95. The molecule has 3 rings (SSSR count). The second-order valence-corrected chi connectivity index (χ2v) is 6.51. The van der Waals surface area contributed by atoms with E-state index in [0.717, 1.165) is 44.0 Å². The number of carbonyl (C=O) groups is 1. The van der Waals surface area contributed by atoms with Crippen molar-refractivity contribution in [2.45, 2.75) is 25.4 Å². The number of ketones is 1. The number of nitrogens with zero attached hydrogens (tertiary/aromatic N) is 1. The SMILES string of the molecule is COc1ccccc1O[C@H]1CCN(CCCC(=O)c2ccc(F)cc2)C1. The minimum atomic E-state index is -0.320. The van der Waals surface area contributed by atoms with Gasteiger partial charge in [-0.3, -0.25) is 9.69 Å². The standard InChI is InChI=1S/C21H24FNO3/c1-25-20-6-2-3-7-21(20)26-18-12-14-23(15-18)13-4-5-19(24)16-8-10-17(22)11-9-16/h2-3,6-11,18H,4-5,12-15H2,1H3/t18-/m0/s1. The average Bonchev–Trinajstić information content (AvgIpc) is 3.10. The number of hydrogen-bond donors (Lipinski definition) is 0. The first-order valence-corrected chi connectivity index (χ1v) is 8.96. The van der Waals surface area contributed by atoms with Gasteiger partial charge in [0, 0.05) is 25.1 Å². The summed E-state index contributed by atoms with van der Waals surface area (Å²) in [7, 11) is 1.64. The summed E-state index contributed by atoms with van der Waals surface area (Å²) >= 11 is 0. The van der Waals surface area contributed by atoms with Gasteiger partial charge in [-0.2, -0.15) is 0 Å². The molecule has 2 aromatic rings. The number of methoxy groups -OCH3 is 1. The van der Waals surface area contributed by atoms with Crippen molar-refractivity contribution in [3.63, 3.8) is 0 Å². The maximum absolute atomic E-state index is 12.9. The molecule has 2 aromatic carbocycles. The molecule has 0 aliphatic carbocycles. The van der Waals surface area contributed by atoms with E-state index in [0.29, 0.717) is 12.0 Å². The molecule has 1 saturated heterocycles. The van der Waals surface area contributed by atoms with Crippen LogP contribution in [0.4, 0.5) is 4.39 Å². The summed E-state index contributed by atoms with van der Waals surface area (Å²) in [6, 6.07) is 13.4. The zero-order chi connectivity index (χ0) is 18.4. The number of hydrogen-bond acceptors (Lipinski definition) is 4. The van der Waals surface area contributed by atoms with Gasteiger partial charge >= 0.3 is 0 Å². The minimum absolute atomic E-state index is 0.0611. The third-order valence-electron chi connectivity index (χ3n) is 4.64. The highest BCUT2D eigenvalue weighted by Gasteiger charge is 2.24. The van der Waals surface area contributed by atoms with Crippen molar-refractivity contribution in [1.82, 2.24) is 4.90 Å². The van der Waals surface area contributed by atoms with Crippen LogP contribution in [-0.4, -0.2) is 43.5 Å². The van der Waals surface area contributed by atoms with Gasteiger partial charge in [-0.15, -0.1) is 0 Å². The summed E-state index contributed by atoms with van der Waals surface area (Å²) in [5.74, 6) is 1.26. The highest BCUT2D eigenvalue weighted by atomic mass is 19.1. The van der Waals surface area contributed by atoms with E-state index in [9.17, 15) is 9.18 Å². The van der Waals surface area contributed by atoms with Gasteiger partial charge in [0.25, 0.3) is 0 Å². The second kappa shape index (κ2) is 8.81. The molecule has 1 heterocycles. The predicted molar refractivity (Wildman–Crippen MR) is 98.4 cm³/mol. The number of benzene rings is 2. The first-order valence-electron chi connectivity index (χ1n) is 8.96. The topological polar surface area (TPSA) is 38.8 Å². The van der Waals surface area contributed by atoms with E-state index in [2.05, 4.69) is 4.90 Å². The van der Waals surface area contributed by atoms with Gasteiger partial charge in [0.1, 0.15) is 11.9 Å². The van der Waals surface area contributed by atoms with Crippen LogP contribution < -0.4 is 9.47 Å². The van der Waals surface area contributed by atoms with E-state index in [1.165, 1.54) is 12.1 Å². The first kappa shape index (κ1) is 18.4. The zero-order valence-electron chi connectivity index (χ0n) is 15.0. The number of ether oxygens (including phenoxy) is 2. The molecule has 1 fully saturated rings. The number of carbonyl (C=O) groups excluding carboxylic acids is 1. The lowest BCUT2D eigenvalue weighted by molar-refractivity contribution is 0.0975. The van der Waals surface area contributed by atoms with Crippen LogP contribution in [0.15, 0.2) is 48.5 Å². The number of halogens is 1. The Balaban J connectivity index is 1.42. The number of Topliss-reactive ketones (excluding diaryl/α,β-unsaturated/α-hetero) is 1. The lowest BCUT2D eigenvalue weighted by atomic mass is 10.1. The summed E-state index contributed by atoms with van der Waals surface area (Å²) in [4.78, 5) is 14.4. The molecule has 0 bridgehead atoms. The molecular weight excluding hydrogens is 333 g/mol. The maximum Gasteiger partial charge on any atom is 0.162 e. The fourth-order valence-electron chi connectivity index (χ4n) is 3.24. The Kier molecular flexibility index (Phi) is 6.23. The highest BCUT2D eigenvalue weighted by Crippen LogP contribution is 2.28. The van der Waals surface area contributed by atoms with Crippen LogP contribution in [0.5, 0.6) is 11.5 Å². The van der Waals surface area contributed by atoms with E-state index in [1.54, 1.807) is 19.2 Å². The third-order valence-corrected chi connectivity index (χ3v) is 4.64. The van der Waals surface area contributed by atoms with Gasteiger partial charge in [0.15, 0.2) is 17.3 Å². The minimum Gasteiger partial charge on any atom is -0.493 e. The lowest BCUT2D eigenvalue weighted by Gasteiger charge is -2.18. The van der Waals surface area contributed by atoms with Crippen molar-refractivity contribution in [3.05, 3.63) is 59.9 Å². The Bertz CT molecular complexity index is 732. The number of rotatable bonds is 8. The Labute approximate surface area is 153 Å². The Morgan fingerprint density at radius 2 is 1.88 bits per heavy atom. The van der Waals surface area contributed by atoms with Gasteiger partial charge in [-0.05, 0) is 55.8 Å². The van der Waals surface area contributed by atoms with Gasteiger partial charge in [-0.25, -0.2) is 4.39 Å². The van der Waals surface area contributed by atoms with Gasteiger partial charge in [0.05, 0.1) is 7.11 Å². The molecule has 0 radical (unpaired) electrons. The molecular formula is C21H24FNO3. The fourth-order valence-corrected chi connectivity index (χ4v) is 3.24. The van der Waals surface area contributed by atoms with E-state index in [1.807, 2.05) is 24.3 Å². The Hall–Kier alpha value is -2.40. The van der Waals surface area contributed by atoms with Crippen LogP contribution in [0, 0.1) is 5.82 Å². The van der Waals surface area contributed by atoms with Crippen molar-refractivity contribution in [2.75, 3.05) is 26.7 Å². The van der Waals surface area contributed by atoms with E-state index in [4.69, 9.17) is 9.47 Å². The van der Waals surface area contributed by atoms with Crippen LogP contribution in [0.25, 0.3) is 0 Å². The lowest BCUT2D eigenvalue weighted by Crippen LogP contribution is -2.26. The van der Waals surface area contributed by atoms with E-state index in [-0.39, 0.29) is 17.7 Å². The van der Waals surface area contributed by atoms with Crippen molar-refractivity contribution in [3.8, 4) is 11.5 Å². The van der Waals surface area contributed by atoms with Gasteiger partial charge in [-0.1, -0.05) is 12.1 Å². The molecule has 1 aliphatic heterocycles. The van der Waals surface area contributed by atoms with Crippen molar-refractivity contribution < 1.29 is 18.7 Å². The number of para-hydroxylation sites is 2. The molecule has 138 valence electrons. The normalized spacial score (nSPS) is 17.2. The van der Waals surface area contributed by atoms with Gasteiger partial charge < -0.3 is 9.47 Å². The molecule has 26 heavy (non-hydrogen) atoms. The Morgan fingerprint density at radius 3 is 2.62 bits per heavy atom. The van der Waals surface area contributed by atoms with Crippen LogP contribution in [0.1, 0.15) is 29.6 Å². The monoisotopic (exact) mass is 357 g/mol. The first-order chi connectivity index (χ1) is 12.7. The molecule has 0 amide bonds. The molecule has 0 spiro atoms. The molecule has 1 atom stereocenters. The van der Waals surface area contributed by atoms with Crippen molar-refractivity contribution >= 4 is 5.78 Å². The molecule has 5 heteroatoms. The summed E-state index contributed by atoms with van der Waals surface area (Å²) in [6.07, 6.45) is 2.36. The van der Waals surface area contributed by atoms with Crippen LogP contribution in [0.3, 0.4) is 0 Å². The molecule has 0 aromatic heterocycles. The van der Waals surface area contributed by atoms with Crippen LogP contribution in [-0.2, 0) is 0 Å². The van der Waals surface area contributed by atoms with Gasteiger partial charge in [0.2, 0.25) is 0 Å². The highest BCUT2D eigenvalue weighted by molar-refractivity contribution is 5.95. The third kappa shape index (κ3) is 4.82. The smallest absolute Gasteiger partial charge is 0.162 e. The van der Waals surface area contributed by atoms with Crippen molar-refractivity contribution in [2.24, 2.45) is 0 Å². The average molecular weight is 357 g/mol. The zero-order valence-corrected chi connectivity index (χ0v) is 15.0. The molecule has 0 saturated carbocycles. The summed E-state index contributed by atoms with van der Waals surface area (Å²) < 4.78 is 24.3. The summed E-state index contributed by atoms with van der Waals surface area (Å²) in [5.41, 5.74) is 0.574.